The molecule has 1 saturated heterocycles. The van der Waals surface area contributed by atoms with Crippen LogP contribution in [0.2, 0.25) is 5.15 Å². The van der Waals surface area contributed by atoms with Crippen molar-refractivity contribution in [2.24, 2.45) is 5.14 Å². The smallest absolute Gasteiger partial charge is 0.339 e. The SMILES string of the molecule is NS(=O)(=O)c1ccc(-c2ccccc2)c(C2CCN(C(=O)c3cccnc3Cl)CC2)c1C(F)(F)F. The highest BCUT2D eigenvalue weighted by molar-refractivity contribution is 7.89. The number of nitrogens with zero attached hydrogens (tertiary/aromatic N) is 2. The first-order chi connectivity index (χ1) is 16.5. The third kappa shape index (κ3) is 5.19. The van der Waals surface area contributed by atoms with Crippen LogP contribution >= 0.6 is 11.6 Å². The fourth-order valence-corrected chi connectivity index (χ4v) is 5.48. The van der Waals surface area contributed by atoms with Gasteiger partial charge >= 0.3 is 6.18 Å². The van der Waals surface area contributed by atoms with Crippen molar-refractivity contribution in [2.45, 2.75) is 29.8 Å². The summed E-state index contributed by atoms with van der Waals surface area (Å²) in [6.45, 7) is 0.333. The minimum absolute atomic E-state index is 0.0474. The fourth-order valence-electron chi connectivity index (χ4n) is 4.51. The standard InChI is InChI=1S/C24H21ClF3N3O3S/c25-22-18(7-4-12-30-22)23(32)31-13-10-16(11-14-31)20-17(15-5-2-1-3-6-15)8-9-19(35(29,33)34)21(20)24(26,27)28/h1-9,12,16H,10-11,13-14H2,(H2,29,33,34). The van der Waals surface area contributed by atoms with E-state index >= 15 is 0 Å². The number of halogens is 4. The van der Waals surface area contributed by atoms with E-state index in [9.17, 15) is 26.4 Å². The summed E-state index contributed by atoms with van der Waals surface area (Å²) in [5.74, 6) is -1.02. The Kier molecular flexibility index (Phi) is 6.90. The molecule has 2 N–H and O–H groups in total. The number of amides is 1. The van der Waals surface area contributed by atoms with E-state index in [1.807, 2.05) is 0 Å². The van der Waals surface area contributed by atoms with Gasteiger partial charge in [0.1, 0.15) is 5.15 Å². The van der Waals surface area contributed by atoms with Crippen LogP contribution in [0.5, 0.6) is 0 Å². The van der Waals surface area contributed by atoms with E-state index in [0.29, 0.717) is 5.56 Å². The molecule has 0 bridgehead atoms. The minimum Gasteiger partial charge on any atom is -0.339 e. The summed E-state index contributed by atoms with van der Waals surface area (Å²) in [5, 5.41) is 5.23. The average Bonchev–Trinajstić information content (AvgIpc) is 2.82. The molecular weight excluding hydrogens is 503 g/mol. The quantitative estimate of drug-likeness (QED) is 0.482. The minimum atomic E-state index is -4.96. The maximum atomic E-state index is 14.4. The zero-order chi connectivity index (χ0) is 25.4. The number of carbonyl (C=O) groups is 1. The Morgan fingerprint density at radius 1 is 1.03 bits per heavy atom. The van der Waals surface area contributed by atoms with Gasteiger partial charge in [-0.3, -0.25) is 4.79 Å². The lowest BCUT2D eigenvalue weighted by Gasteiger charge is -2.35. The van der Waals surface area contributed by atoms with Gasteiger partial charge in [0.25, 0.3) is 5.91 Å². The van der Waals surface area contributed by atoms with E-state index in [1.54, 1.807) is 36.4 Å². The Balaban J connectivity index is 1.77. The molecule has 1 fully saturated rings. The van der Waals surface area contributed by atoms with Crippen molar-refractivity contribution in [1.29, 1.82) is 0 Å². The third-order valence-electron chi connectivity index (χ3n) is 6.06. The summed E-state index contributed by atoms with van der Waals surface area (Å²) in [4.78, 5) is 17.3. The van der Waals surface area contributed by atoms with Crippen molar-refractivity contribution in [2.75, 3.05) is 13.1 Å². The Bertz CT molecular complexity index is 1360. The van der Waals surface area contributed by atoms with Crippen LogP contribution in [0.15, 0.2) is 65.7 Å². The second-order valence-corrected chi connectivity index (χ2v) is 10.1. The Hall–Kier alpha value is -2.95. The molecule has 0 radical (unpaired) electrons. The lowest BCUT2D eigenvalue weighted by Crippen LogP contribution is -2.38. The molecule has 2 aromatic carbocycles. The molecule has 1 amide bonds. The maximum Gasteiger partial charge on any atom is 0.418 e. The number of rotatable bonds is 4. The number of primary sulfonamides is 1. The first-order valence-electron chi connectivity index (χ1n) is 10.7. The van der Waals surface area contributed by atoms with Crippen molar-refractivity contribution < 1.29 is 26.4 Å². The van der Waals surface area contributed by atoms with Crippen molar-refractivity contribution >= 4 is 27.5 Å². The number of carbonyl (C=O) groups excluding carboxylic acids is 1. The largest absolute Gasteiger partial charge is 0.418 e. The number of sulfonamides is 1. The number of hydrogen-bond acceptors (Lipinski definition) is 4. The molecular formula is C24H21ClF3N3O3S. The van der Waals surface area contributed by atoms with Crippen molar-refractivity contribution in [3.8, 4) is 11.1 Å². The molecule has 0 aliphatic carbocycles. The average molecular weight is 524 g/mol. The van der Waals surface area contributed by atoms with E-state index in [0.717, 1.165) is 6.07 Å². The van der Waals surface area contributed by atoms with Crippen LogP contribution in [0.1, 0.15) is 40.2 Å². The molecule has 3 aromatic rings. The van der Waals surface area contributed by atoms with E-state index < -0.39 is 32.6 Å². The van der Waals surface area contributed by atoms with Gasteiger partial charge in [-0.15, -0.1) is 0 Å². The molecule has 1 aliphatic rings. The monoisotopic (exact) mass is 523 g/mol. The number of aromatic nitrogens is 1. The van der Waals surface area contributed by atoms with E-state index in [-0.39, 0.29) is 53.7 Å². The molecule has 0 atom stereocenters. The zero-order valence-corrected chi connectivity index (χ0v) is 19.9. The van der Waals surface area contributed by atoms with Crippen LogP contribution in [-0.2, 0) is 16.2 Å². The van der Waals surface area contributed by atoms with Gasteiger partial charge < -0.3 is 4.90 Å². The van der Waals surface area contributed by atoms with Gasteiger partial charge in [0, 0.05) is 19.3 Å². The van der Waals surface area contributed by atoms with Crippen LogP contribution in [-0.4, -0.2) is 37.3 Å². The second kappa shape index (κ2) is 9.60. The highest BCUT2D eigenvalue weighted by atomic mass is 35.5. The van der Waals surface area contributed by atoms with Gasteiger partial charge in [0.15, 0.2) is 0 Å². The van der Waals surface area contributed by atoms with Crippen molar-refractivity contribution in [3.63, 3.8) is 0 Å². The molecule has 35 heavy (non-hydrogen) atoms. The van der Waals surface area contributed by atoms with E-state index in [4.69, 9.17) is 16.7 Å². The van der Waals surface area contributed by atoms with Gasteiger partial charge in [0.2, 0.25) is 10.0 Å². The molecule has 1 aromatic heterocycles. The summed E-state index contributed by atoms with van der Waals surface area (Å²) in [7, 11) is -4.65. The first-order valence-corrected chi connectivity index (χ1v) is 12.6. The fraction of sp³-hybridized carbons (Fsp3) is 0.250. The number of piperidine rings is 1. The lowest BCUT2D eigenvalue weighted by atomic mass is 9.81. The zero-order valence-electron chi connectivity index (χ0n) is 18.3. The summed E-state index contributed by atoms with van der Waals surface area (Å²) in [6.07, 6.45) is -3.12. The molecule has 11 heteroatoms. The second-order valence-electron chi connectivity index (χ2n) is 8.22. The van der Waals surface area contributed by atoms with Crippen molar-refractivity contribution in [3.05, 3.63) is 82.6 Å². The van der Waals surface area contributed by atoms with Gasteiger partial charge in [-0.1, -0.05) is 48.0 Å². The molecule has 184 valence electrons. The predicted octanol–water partition coefficient (Wildman–Crippen LogP) is 5.09. The number of likely N-dealkylation sites (tertiary alicyclic amines) is 1. The molecule has 0 unspecified atom stereocenters. The molecule has 0 spiro atoms. The normalized spacial score (nSPS) is 15.3. The van der Waals surface area contributed by atoms with Gasteiger partial charge in [-0.05, 0) is 53.6 Å². The Morgan fingerprint density at radius 3 is 2.26 bits per heavy atom. The lowest BCUT2D eigenvalue weighted by molar-refractivity contribution is -0.140. The van der Waals surface area contributed by atoms with Crippen LogP contribution in [0.25, 0.3) is 11.1 Å². The third-order valence-corrected chi connectivity index (χ3v) is 7.32. The van der Waals surface area contributed by atoms with Gasteiger partial charge in [0.05, 0.1) is 16.0 Å². The molecule has 4 rings (SSSR count). The number of nitrogens with two attached hydrogens (primary N) is 1. The predicted molar refractivity (Wildman–Crippen MR) is 125 cm³/mol. The molecule has 2 heterocycles. The number of benzene rings is 2. The molecule has 1 aliphatic heterocycles. The summed E-state index contributed by atoms with van der Waals surface area (Å²) >= 11 is 6.03. The topological polar surface area (TPSA) is 93.4 Å². The molecule has 6 nitrogen and oxygen atoms in total. The van der Waals surface area contributed by atoms with E-state index in [1.165, 1.54) is 23.2 Å². The van der Waals surface area contributed by atoms with Crippen LogP contribution in [0.3, 0.4) is 0 Å². The number of alkyl halides is 3. The Morgan fingerprint density at radius 2 is 1.69 bits per heavy atom. The van der Waals surface area contributed by atoms with Gasteiger partial charge in [-0.2, -0.15) is 13.2 Å². The molecule has 0 saturated carbocycles. The number of pyridine rings is 1. The summed E-state index contributed by atoms with van der Waals surface area (Å²) in [5.41, 5.74) is -0.354. The van der Waals surface area contributed by atoms with Gasteiger partial charge in [-0.25, -0.2) is 18.5 Å². The van der Waals surface area contributed by atoms with E-state index in [2.05, 4.69) is 4.98 Å². The maximum absolute atomic E-state index is 14.4. The van der Waals surface area contributed by atoms with Crippen molar-refractivity contribution in [1.82, 2.24) is 9.88 Å². The van der Waals surface area contributed by atoms with Crippen LogP contribution < -0.4 is 5.14 Å². The van der Waals surface area contributed by atoms with Crippen LogP contribution in [0, 0.1) is 0 Å². The Labute approximate surface area is 205 Å². The number of hydrogen-bond donors (Lipinski definition) is 1. The summed E-state index contributed by atoms with van der Waals surface area (Å²) in [6, 6.07) is 13.8. The first kappa shape index (κ1) is 25.2. The highest BCUT2D eigenvalue weighted by Gasteiger charge is 2.42. The van der Waals surface area contributed by atoms with Crippen LogP contribution in [0.4, 0.5) is 13.2 Å². The highest BCUT2D eigenvalue weighted by Crippen LogP contribution is 2.46. The summed E-state index contributed by atoms with van der Waals surface area (Å²) < 4.78 is 67.3.